The van der Waals surface area contributed by atoms with Gasteiger partial charge in [0.2, 0.25) is 5.82 Å². The minimum Gasteiger partial charge on any atom is -0.475 e. The number of nitrogens with one attached hydrogen (secondary N) is 1. The molecule has 76 valence electrons. The predicted molar refractivity (Wildman–Crippen MR) is 56.0 cm³/mol. The molecule has 2 N–H and O–H groups in total. The molecule has 1 heterocycles. The van der Waals surface area contributed by atoms with E-state index < -0.39 is 5.97 Å². The van der Waals surface area contributed by atoms with Gasteiger partial charge in [-0.05, 0) is 0 Å². The highest BCUT2D eigenvalue weighted by molar-refractivity contribution is 6.32. The third-order valence-electron chi connectivity index (χ3n) is 1.92. The second-order valence-electron chi connectivity index (χ2n) is 2.92. The summed E-state index contributed by atoms with van der Waals surface area (Å²) in [6.45, 7) is 0. The van der Waals surface area contributed by atoms with Gasteiger partial charge in [0, 0.05) is 5.56 Å². The van der Waals surface area contributed by atoms with Crippen molar-refractivity contribution in [3.05, 3.63) is 41.3 Å². The quantitative estimate of drug-likeness (QED) is 0.820. The van der Waals surface area contributed by atoms with Crippen LogP contribution in [-0.2, 0) is 0 Å². The maximum atomic E-state index is 10.6. The molecule has 0 aliphatic rings. The zero-order valence-corrected chi connectivity index (χ0v) is 8.32. The smallest absolute Gasteiger partial charge is 0.371 e. The Morgan fingerprint density at radius 3 is 2.53 bits per heavy atom. The van der Waals surface area contributed by atoms with E-state index in [2.05, 4.69) is 9.97 Å². The largest absolute Gasteiger partial charge is 0.475 e. The zero-order valence-electron chi connectivity index (χ0n) is 7.57. The summed E-state index contributed by atoms with van der Waals surface area (Å²) in [5.41, 5.74) is 1.33. The molecule has 5 heteroatoms. The maximum absolute atomic E-state index is 10.6. The minimum absolute atomic E-state index is 0.154. The summed E-state index contributed by atoms with van der Waals surface area (Å²) >= 11 is 5.82. The molecule has 0 radical (unpaired) electrons. The molecule has 2 aromatic rings. The fourth-order valence-electron chi connectivity index (χ4n) is 1.25. The fraction of sp³-hybridized carbons (Fsp3) is 0. The van der Waals surface area contributed by atoms with Crippen LogP contribution < -0.4 is 0 Å². The molecular weight excluding hydrogens is 216 g/mol. The van der Waals surface area contributed by atoms with E-state index >= 15 is 0 Å². The van der Waals surface area contributed by atoms with E-state index in [-0.39, 0.29) is 11.0 Å². The molecule has 0 spiro atoms. The highest BCUT2D eigenvalue weighted by atomic mass is 35.5. The number of H-pyrrole nitrogens is 1. The van der Waals surface area contributed by atoms with Crippen molar-refractivity contribution in [2.24, 2.45) is 0 Å². The van der Waals surface area contributed by atoms with Crippen LogP contribution >= 0.6 is 11.6 Å². The third kappa shape index (κ3) is 1.85. The number of carboxylic acids is 1. The van der Waals surface area contributed by atoms with Gasteiger partial charge in [-0.15, -0.1) is 0 Å². The molecule has 0 bridgehead atoms. The first kappa shape index (κ1) is 9.73. The number of benzene rings is 1. The molecule has 4 nitrogen and oxygen atoms in total. The summed E-state index contributed by atoms with van der Waals surface area (Å²) in [4.78, 5) is 17.0. The van der Waals surface area contributed by atoms with Crippen LogP contribution in [0.2, 0.25) is 5.15 Å². The topological polar surface area (TPSA) is 66.0 Å². The van der Waals surface area contributed by atoms with Gasteiger partial charge in [-0.2, -0.15) is 0 Å². The summed E-state index contributed by atoms with van der Waals surface area (Å²) < 4.78 is 0. The number of aromatic amines is 1. The van der Waals surface area contributed by atoms with E-state index in [9.17, 15) is 4.79 Å². The van der Waals surface area contributed by atoms with Gasteiger partial charge in [0.15, 0.2) is 5.15 Å². The van der Waals surface area contributed by atoms with Crippen LogP contribution in [0, 0.1) is 0 Å². The van der Waals surface area contributed by atoms with Crippen molar-refractivity contribution in [2.75, 3.05) is 0 Å². The number of hydrogen-bond acceptors (Lipinski definition) is 2. The number of halogens is 1. The first-order valence-corrected chi connectivity index (χ1v) is 4.60. The summed E-state index contributed by atoms with van der Waals surface area (Å²) in [6.07, 6.45) is 0. The molecule has 0 saturated heterocycles. The molecule has 0 atom stereocenters. The Balaban J connectivity index is 2.50. The summed E-state index contributed by atoms with van der Waals surface area (Å²) in [5.74, 6) is -1.28. The molecule has 1 aromatic carbocycles. The number of carbonyl (C=O) groups is 1. The molecule has 0 fully saturated rings. The second-order valence-corrected chi connectivity index (χ2v) is 3.28. The van der Waals surface area contributed by atoms with Crippen molar-refractivity contribution in [2.45, 2.75) is 0 Å². The molecule has 1 aromatic heterocycles. The van der Waals surface area contributed by atoms with Crippen molar-refractivity contribution in [1.82, 2.24) is 9.97 Å². The highest BCUT2D eigenvalue weighted by Crippen LogP contribution is 2.24. The maximum Gasteiger partial charge on any atom is 0.371 e. The monoisotopic (exact) mass is 222 g/mol. The van der Waals surface area contributed by atoms with Gasteiger partial charge in [0.05, 0.1) is 5.69 Å². The molecule has 0 amide bonds. The number of carboxylic acid groups (broad SMARTS) is 1. The summed E-state index contributed by atoms with van der Waals surface area (Å²) in [7, 11) is 0. The fourth-order valence-corrected chi connectivity index (χ4v) is 1.49. The van der Waals surface area contributed by atoms with Gasteiger partial charge in [-0.25, -0.2) is 9.78 Å². The van der Waals surface area contributed by atoms with E-state index in [1.165, 1.54) is 0 Å². The van der Waals surface area contributed by atoms with E-state index in [4.69, 9.17) is 16.7 Å². The Hall–Kier alpha value is -1.81. The van der Waals surface area contributed by atoms with E-state index in [1.807, 2.05) is 30.3 Å². The van der Waals surface area contributed by atoms with Crippen molar-refractivity contribution in [3.63, 3.8) is 0 Å². The Morgan fingerprint density at radius 1 is 1.33 bits per heavy atom. The molecule has 0 saturated carbocycles. The van der Waals surface area contributed by atoms with E-state index in [0.717, 1.165) is 5.56 Å². The lowest BCUT2D eigenvalue weighted by Crippen LogP contribution is -1.98. The summed E-state index contributed by atoms with van der Waals surface area (Å²) in [6, 6.07) is 9.20. The van der Waals surface area contributed by atoms with Gasteiger partial charge < -0.3 is 10.1 Å². The van der Waals surface area contributed by atoms with Crippen molar-refractivity contribution in [3.8, 4) is 11.3 Å². The van der Waals surface area contributed by atoms with E-state index in [0.29, 0.717) is 5.69 Å². The van der Waals surface area contributed by atoms with Crippen LogP contribution in [0.5, 0.6) is 0 Å². The lowest BCUT2D eigenvalue weighted by atomic mass is 10.2. The van der Waals surface area contributed by atoms with Crippen LogP contribution in [0.15, 0.2) is 30.3 Å². The Bertz CT molecular complexity index is 493. The number of aromatic nitrogens is 2. The second kappa shape index (κ2) is 3.74. The van der Waals surface area contributed by atoms with Crippen LogP contribution in [0.25, 0.3) is 11.3 Å². The molecule has 2 rings (SSSR count). The van der Waals surface area contributed by atoms with Gasteiger partial charge in [0.1, 0.15) is 0 Å². The lowest BCUT2D eigenvalue weighted by Gasteiger charge is -1.96. The highest BCUT2D eigenvalue weighted by Gasteiger charge is 2.14. The number of hydrogen-bond donors (Lipinski definition) is 2. The van der Waals surface area contributed by atoms with Gasteiger partial charge >= 0.3 is 5.97 Å². The average Bonchev–Trinajstić information content (AvgIpc) is 2.62. The number of nitrogens with zero attached hydrogens (tertiary/aromatic N) is 1. The molecule has 0 aliphatic carbocycles. The Morgan fingerprint density at radius 2 is 2.00 bits per heavy atom. The van der Waals surface area contributed by atoms with Crippen LogP contribution in [0.1, 0.15) is 10.6 Å². The molecule has 0 aliphatic heterocycles. The number of imidazole rings is 1. The lowest BCUT2D eigenvalue weighted by molar-refractivity contribution is 0.0685. The zero-order chi connectivity index (χ0) is 10.8. The standard InChI is InChI=1S/C10H7ClN2O2/c11-8-7(6-4-2-1-3-5-6)12-9(13-8)10(14)15/h1-5H,(H,12,13)(H,14,15). The average molecular weight is 223 g/mol. The first-order valence-electron chi connectivity index (χ1n) is 4.22. The molecule has 15 heavy (non-hydrogen) atoms. The van der Waals surface area contributed by atoms with Gasteiger partial charge in [0.25, 0.3) is 0 Å². The van der Waals surface area contributed by atoms with Crippen molar-refractivity contribution in [1.29, 1.82) is 0 Å². The van der Waals surface area contributed by atoms with E-state index in [1.54, 1.807) is 0 Å². The van der Waals surface area contributed by atoms with Crippen LogP contribution in [0.4, 0.5) is 0 Å². The Labute approximate surface area is 90.5 Å². The Kier molecular flexibility index (Phi) is 2.43. The first-order chi connectivity index (χ1) is 7.18. The number of rotatable bonds is 2. The molecular formula is C10H7ClN2O2. The van der Waals surface area contributed by atoms with Crippen LogP contribution in [-0.4, -0.2) is 21.0 Å². The predicted octanol–water partition coefficient (Wildman–Crippen LogP) is 2.43. The summed E-state index contributed by atoms with van der Waals surface area (Å²) in [5, 5.41) is 8.88. The molecule has 0 unspecified atom stereocenters. The van der Waals surface area contributed by atoms with Crippen molar-refractivity contribution < 1.29 is 9.90 Å². The normalized spacial score (nSPS) is 10.2. The van der Waals surface area contributed by atoms with Crippen LogP contribution in [0.3, 0.4) is 0 Å². The number of aromatic carboxylic acids is 1. The SMILES string of the molecule is O=C(O)c1nc(Cl)c(-c2ccccc2)[nH]1. The van der Waals surface area contributed by atoms with Crippen molar-refractivity contribution >= 4 is 17.6 Å². The minimum atomic E-state index is -1.13. The van der Waals surface area contributed by atoms with Gasteiger partial charge in [-0.1, -0.05) is 41.9 Å². The third-order valence-corrected chi connectivity index (χ3v) is 2.20. The van der Waals surface area contributed by atoms with Gasteiger partial charge in [-0.3, -0.25) is 0 Å².